The zero-order valence-corrected chi connectivity index (χ0v) is 14.0. The van der Waals surface area contributed by atoms with Gasteiger partial charge in [0.1, 0.15) is 10.7 Å². The second kappa shape index (κ2) is 7.64. The molecule has 0 amide bonds. The van der Waals surface area contributed by atoms with Crippen LogP contribution in [-0.4, -0.2) is 52.6 Å². The van der Waals surface area contributed by atoms with Gasteiger partial charge >= 0.3 is 0 Å². The molecule has 0 aromatic heterocycles. The first-order valence-corrected chi connectivity index (χ1v) is 9.14. The number of hydrogen-bond acceptors (Lipinski definition) is 4. The number of benzene rings is 1. The van der Waals surface area contributed by atoms with Gasteiger partial charge in [0.25, 0.3) is 0 Å². The van der Waals surface area contributed by atoms with Gasteiger partial charge in [0.15, 0.2) is 0 Å². The van der Waals surface area contributed by atoms with E-state index in [0.717, 1.165) is 38.8 Å². The van der Waals surface area contributed by atoms with Gasteiger partial charge in [0, 0.05) is 37.2 Å². The van der Waals surface area contributed by atoms with Gasteiger partial charge in [-0.3, -0.25) is 0 Å². The molecule has 1 saturated heterocycles. The molecule has 2 rings (SSSR count). The summed E-state index contributed by atoms with van der Waals surface area (Å²) in [5.41, 5.74) is 0. The molecule has 8 heteroatoms. The second-order valence-corrected chi connectivity index (χ2v) is 7.57. The predicted octanol–water partition coefficient (Wildman–Crippen LogP) is 1.16. The molecule has 118 valence electrons. The smallest absolute Gasteiger partial charge is 0.243 e. The fraction of sp³-hybridized carbons (Fsp3) is 0.538. The van der Waals surface area contributed by atoms with Crippen LogP contribution in [0.15, 0.2) is 27.6 Å². The highest BCUT2D eigenvalue weighted by Crippen LogP contribution is 2.19. The van der Waals surface area contributed by atoms with Crippen LogP contribution in [0, 0.1) is 5.82 Å². The zero-order chi connectivity index (χ0) is 15.3. The lowest BCUT2D eigenvalue weighted by Crippen LogP contribution is -2.44. The van der Waals surface area contributed by atoms with Crippen LogP contribution >= 0.6 is 15.9 Å². The molecule has 21 heavy (non-hydrogen) atoms. The van der Waals surface area contributed by atoms with Crippen molar-refractivity contribution in [3.05, 3.63) is 28.5 Å². The minimum absolute atomic E-state index is 0.304. The highest BCUT2D eigenvalue weighted by molar-refractivity contribution is 9.10. The highest BCUT2D eigenvalue weighted by atomic mass is 79.9. The third kappa shape index (κ3) is 5.00. The first kappa shape index (κ1) is 16.8. The Kier molecular flexibility index (Phi) is 6.12. The molecule has 0 saturated carbocycles. The number of sulfonamides is 1. The molecule has 1 aromatic rings. The third-order valence-electron chi connectivity index (χ3n) is 3.34. The lowest BCUT2D eigenvalue weighted by molar-refractivity contribution is 0.239. The number of nitrogens with zero attached hydrogens (tertiary/aromatic N) is 1. The van der Waals surface area contributed by atoms with Gasteiger partial charge in [-0.05, 0) is 31.2 Å². The van der Waals surface area contributed by atoms with Crippen molar-refractivity contribution < 1.29 is 12.8 Å². The van der Waals surface area contributed by atoms with E-state index in [0.29, 0.717) is 17.4 Å². The average Bonchev–Trinajstić information content (AvgIpc) is 2.47. The minimum Gasteiger partial charge on any atom is -0.314 e. The maximum Gasteiger partial charge on any atom is 0.243 e. The van der Waals surface area contributed by atoms with Crippen LogP contribution in [0.4, 0.5) is 4.39 Å². The van der Waals surface area contributed by atoms with Crippen LogP contribution in [0.5, 0.6) is 0 Å². The van der Waals surface area contributed by atoms with Crippen LogP contribution in [-0.2, 0) is 10.0 Å². The summed E-state index contributed by atoms with van der Waals surface area (Å²) < 4.78 is 40.7. The molecule has 2 N–H and O–H groups in total. The summed E-state index contributed by atoms with van der Waals surface area (Å²) >= 11 is 3.15. The topological polar surface area (TPSA) is 61.4 Å². The maximum atomic E-state index is 13.6. The largest absolute Gasteiger partial charge is 0.314 e. The first-order valence-electron chi connectivity index (χ1n) is 6.87. The molecule has 0 bridgehead atoms. The lowest BCUT2D eigenvalue weighted by atomic mass is 10.3. The van der Waals surface area contributed by atoms with Crippen molar-refractivity contribution in [3.8, 4) is 0 Å². The molecule has 0 spiro atoms. The minimum atomic E-state index is -3.80. The zero-order valence-electron chi connectivity index (χ0n) is 11.6. The molecule has 5 nitrogen and oxygen atoms in total. The molecule has 1 aromatic carbocycles. The van der Waals surface area contributed by atoms with Gasteiger partial charge in [0.05, 0.1) is 0 Å². The van der Waals surface area contributed by atoms with E-state index in [2.05, 4.69) is 30.9 Å². The SMILES string of the molecule is O=S(=O)(NCCCN1CCNCC1)c1cc(Br)ccc1F. The van der Waals surface area contributed by atoms with Crippen LogP contribution < -0.4 is 10.0 Å². The predicted molar refractivity (Wildman–Crippen MR) is 83.2 cm³/mol. The van der Waals surface area contributed by atoms with Crippen molar-refractivity contribution in [2.24, 2.45) is 0 Å². The summed E-state index contributed by atoms with van der Waals surface area (Å²) in [5, 5.41) is 3.26. The van der Waals surface area contributed by atoms with Crippen molar-refractivity contribution in [1.82, 2.24) is 14.9 Å². The Morgan fingerprint density at radius 3 is 2.76 bits per heavy atom. The van der Waals surface area contributed by atoms with Gasteiger partial charge in [-0.1, -0.05) is 15.9 Å². The maximum absolute atomic E-state index is 13.6. The second-order valence-electron chi connectivity index (χ2n) is 4.92. The Bertz CT molecular complexity index is 577. The summed E-state index contributed by atoms with van der Waals surface area (Å²) in [4.78, 5) is 1.96. The van der Waals surface area contributed by atoms with E-state index in [1.807, 2.05) is 0 Å². The third-order valence-corrected chi connectivity index (χ3v) is 5.30. The quantitative estimate of drug-likeness (QED) is 0.728. The summed E-state index contributed by atoms with van der Waals surface area (Å²) in [7, 11) is -3.80. The summed E-state index contributed by atoms with van der Waals surface area (Å²) in [5.74, 6) is -0.743. The van der Waals surface area contributed by atoms with Gasteiger partial charge < -0.3 is 10.2 Å². The Morgan fingerprint density at radius 2 is 2.05 bits per heavy atom. The first-order chi connectivity index (χ1) is 9.99. The van der Waals surface area contributed by atoms with Crippen LogP contribution in [0.2, 0.25) is 0 Å². The summed E-state index contributed by atoms with van der Waals surface area (Å²) in [6.07, 6.45) is 0.703. The van der Waals surface area contributed by atoms with Crippen molar-refractivity contribution in [2.75, 3.05) is 39.3 Å². The monoisotopic (exact) mass is 379 g/mol. The molecular weight excluding hydrogens is 361 g/mol. The Balaban J connectivity index is 1.85. The van der Waals surface area contributed by atoms with Crippen molar-refractivity contribution in [2.45, 2.75) is 11.3 Å². The highest BCUT2D eigenvalue weighted by Gasteiger charge is 2.19. The Hall–Kier alpha value is -0.540. The molecule has 0 radical (unpaired) electrons. The summed E-state index contributed by atoms with van der Waals surface area (Å²) in [6.45, 7) is 5.04. The standard InChI is InChI=1S/C13H19BrFN3O2S/c14-11-2-3-12(15)13(10-11)21(19,20)17-4-1-7-18-8-5-16-6-9-18/h2-3,10,16-17H,1,4-9H2. The number of hydrogen-bond donors (Lipinski definition) is 2. The number of halogens is 2. The Labute approximate surface area is 133 Å². The van der Waals surface area contributed by atoms with Gasteiger partial charge in [0.2, 0.25) is 10.0 Å². The van der Waals surface area contributed by atoms with E-state index in [-0.39, 0.29) is 4.90 Å². The lowest BCUT2D eigenvalue weighted by Gasteiger charge is -2.27. The molecule has 0 unspecified atom stereocenters. The fourth-order valence-corrected chi connectivity index (χ4v) is 3.89. The van der Waals surface area contributed by atoms with E-state index >= 15 is 0 Å². The van der Waals surface area contributed by atoms with Gasteiger partial charge in [-0.15, -0.1) is 0 Å². The molecule has 0 aliphatic carbocycles. The Morgan fingerprint density at radius 1 is 1.33 bits per heavy atom. The molecule has 1 fully saturated rings. The average molecular weight is 380 g/mol. The molecule has 1 aliphatic rings. The number of rotatable bonds is 6. The van der Waals surface area contributed by atoms with E-state index in [1.165, 1.54) is 12.1 Å². The summed E-state index contributed by atoms with van der Waals surface area (Å²) in [6, 6.07) is 3.88. The van der Waals surface area contributed by atoms with E-state index in [9.17, 15) is 12.8 Å². The van der Waals surface area contributed by atoms with E-state index in [4.69, 9.17) is 0 Å². The molecule has 1 aliphatic heterocycles. The van der Waals surface area contributed by atoms with E-state index < -0.39 is 15.8 Å². The van der Waals surface area contributed by atoms with Crippen molar-refractivity contribution in [3.63, 3.8) is 0 Å². The molecular formula is C13H19BrFN3O2S. The van der Waals surface area contributed by atoms with Crippen LogP contribution in [0.1, 0.15) is 6.42 Å². The van der Waals surface area contributed by atoms with Crippen molar-refractivity contribution >= 4 is 26.0 Å². The van der Waals surface area contributed by atoms with Crippen molar-refractivity contribution in [1.29, 1.82) is 0 Å². The number of nitrogens with one attached hydrogen (secondary N) is 2. The number of piperazine rings is 1. The molecule has 1 heterocycles. The van der Waals surface area contributed by atoms with Gasteiger partial charge in [-0.2, -0.15) is 0 Å². The van der Waals surface area contributed by atoms with Gasteiger partial charge in [-0.25, -0.2) is 17.5 Å². The van der Waals surface area contributed by atoms with Crippen LogP contribution in [0.3, 0.4) is 0 Å². The fourth-order valence-electron chi connectivity index (χ4n) is 2.20. The molecule has 0 atom stereocenters. The van der Waals surface area contributed by atoms with Crippen LogP contribution in [0.25, 0.3) is 0 Å². The normalized spacial score (nSPS) is 17.0. The van der Waals surface area contributed by atoms with E-state index in [1.54, 1.807) is 0 Å².